The lowest BCUT2D eigenvalue weighted by Gasteiger charge is -2.21. The van der Waals surface area contributed by atoms with Crippen molar-refractivity contribution in [1.29, 1.82) is 0 Å². The Bertz CT molecular complexity index is 517. The summed E-state index contributed by atoms with van der Waals surface area (Å²) in [6.45, 7) is 4.05. The molecule has 0 saturated carbocycles. The van der Waals surface area contributed by atoms with Gasteiger partial charge in [0.1, 0.15) is 0 Å². The Morgan fingerprint density at radius 1 is 1.22 bits per heavy atom. The van der Waals surface area contributed by atoms with E-state index in [1.54, 1.807) is 0 Å². The Hall–Kier alpha value is -1.20. The predicted molar refractivity (Wildman–Crippen MR) is 73.9 cm³/mol. The summed E-state index contributed by atoms with van der Waals surface area (Å²) >= 11 is 3.39. The van der Waals surface area contributed by atoms with Gasteiger partial charge in [0.25, 0.3) is 5.89 Å². The second kappa shape index (κ2) is 5.20. The van der Waals surface area contributed by atoms with Crippen LogP contribution in [0.5, 0.6) is 0 Å². The third-order valence-corrected chi connectivity index (χ3v) is 3.75. The van der Waals surface area contributed by atoms with Gasteiger partial charge in [-0.25, -0.2) is 0 Å². The molecule has 1 aromatic heterocycles. The van der Waals surface area contributed by atoms with Crippen LogP contribution in [0, 0.1) is 0 Å². The zero-order chi connectivity index (χ0) is 13.2. The van der Waals surface area contributed by atoms with Crippen molar-refractivity contribution in [2.75, 3.05) is 0 Å². The number of benzene rings is 1. The van der Waals surface area contributed by atoms with Gasteiger partial charge < -0.3 is 10.3 Å². The van der Waals surface area contributed by atoms with Crippen LogP contribution < -0.4 is 5.73 Å². The van der Waals surface area contributed by atoms with Gasteiger partial charge in [-0.15, -0.1) is 0 Å². The highest BCUT2D eigenvalue weighted by molar-refractivity contribution is 9.10. The minimum atomic E-state index is -0.503. The van der Waals surface area contributed by atoms with E-state index in [2.05, 4.69) is 26.1 Å². The highest BCUT2D eigenvalue weighted by atomic mass is 79.9. The van der Waals surface area contributed by atoms with Crippen molar-refractivity contribution in [1.82, 2.24) is 10.1 Å². The predicted octanol–water partition coefficient (Wildman–Crippen LogP) is 3.47. The third-order valence-electron chi connectivity index (χ3n) is 3.22. The minimum Gasteiger partial charge on any atom is -0.334 e. The largest absolute Gasteiger partial charge is 0.334 e. The van der Waals surface area contributed by atoms with Gasteiger partial charge in [0.2, 0.25) is 0 Å². The molecule has 0 aliphatic rings. The zero-order valence-electron chi connectivity index (χ0n) is 10.5. The Labute approximate surface area is 115 Å². The van der Waals surface area contributed by atoms with Crippen molar-refractivity contribution < 1.29 is 4.52 Å². The van der Waals surface area contributed by atoms with Crippen molar-refractivity contribution in [3.05, 3.63) is 34.6 Å². The molecular formula is C13H16BrN3O. The molecule has 0 saturated heterocycles. The zero-order valence-corrected chi connectivity index (χ0v) is 12.1. The summed E-state index contributed by atoms with van der Waals surface area (Å²) in [6, 6.07) is 7.73. The molecule has 4 nitrogen and oxygen atoms in total. The number of hydrogen-bond donors (Lipinski definition) is 1. The molecule has 2 rings (SSSR count). The average molecular weight is 310 g/mol. The van der Waals surface area contributed by atoms with Gasteiger partial charge in [0.05, 0.1) is 5.54 Å². The van der Waals surface area contributed by atoms with Gasteiger partial charge in [-0.05, 0) is 37.1 Å². The van der Waals surface area contributed by atoms with Crippen LogP contribution in [0.3, 0.4) is 0 Å². The summed E-state index contributed by atoms with van der Waals surface area (Å²) in [6.07, 6.45) is 1.56. The first kappa shape index (κ1) is 13.2. The van der Waals surface area contributed by atoms with Crippen LogP contribution in [0.15, 0.2) is 33.3 Å². The monoisotopic (exact) mass is 309 g/mol. The molecule has 5 heteroatoms. The molecule has 0 spiro atoms. The smallest absolute Gasteiger partial charge is 0.257 e. The Morgan fingerprint density at radius 3 is 2.39 bits per heavy atom. The van der Waals surface area contributed by atoms with Gasteiger partial charge in [-0.1, -0.05) is 34.9 Å². The van der Waals surface area contributed by atoms with E-state index in [9.17, 15) is 0 Å². The molecule has 0 amide bonds. The number of hydrogen-bond acceptors (Lipinski definition) is 4. The Morgan fingerprint density at radius 2 is 1.83 bits per heavy atom. The fraction of sp³-hybridized carbons (Fsp3) is 0.385. The molecule has 18 heavy (non-hydrogen) atoms. The summed E-state index contributed by atoms with van der Waals surface area (Å²) in [7, 11) is 0. The number of halogens is 1. The SMILES string of the molecule is CCC(N)(CC)c1noc(-c2ccc(Br)cc2)n1. The lowest BCUT2D eigenvalue weighted by Crippen LogP contribution is -2.36. The van der Waals surface area contributed by atoms with Gasteiger partial charge in [-0.2, -0.15) is 4.98 Å². The van der Waals surface area contributed by atoms with Gasteiger partial charge in [0, 0.05) is 10.0 Å². The maximum atomic E-state index is 6.24. The topological polar surface area (TPSA) is 64.9 Å². The highest BCUT2D eigenvalue weighted by Crippen LogP contribution is 2.26. The van der Waals surface area contributed by atoms with E-state index in [-0.39, 0.29) is 0 Å². The minimum absolute atomic E-state index is 0.503. The van der Waals surface area contributed by atoms with Crippen molar-refractivity contribution in [2.45, 2.75) is 32.2 Å². The fourth-order valence-electron chi connectivity index (χ4n) is 1.70. The van der Waals surface area contributed by atoms with E-state index in [0.29, 0.717) is 11.7 Å². The van der Waals surface area contributed by atoms with Gasteiger partial charge >= 0.3 is 0 Å². The van der Waals surface area contributed by atoms with Crippen LogP contribution in [0.2, 0.25) is 0 Å². The molecule has 0 atom stereocenters. The summed E-state index contributed by atoms with van der Waals surface area (Å²) in [4.78, 5) is 4.41. The molecule has 96 valence electrons. The number of rotatable bonds is 4. The van der Waals surface area contributed by atoms with Crippen molar-refractivity contribution >= 4 is 15.9 Å². The second-order valence-corrected chi connectivity index (χ2v) is 5.21. The molecule has 0 aliphatic carbocycles. The molecule has 1 aromatic carbocycles. The Kier molecular flexibility index (Phi) is 3.82. The quantitative estimate of drug-likeness (QED) is 0.939. The summed E-state index contributed by atoms with van der Waals surface area (Å²) in [5.74, 6) is 1.08. The van der Waals surface area contributed by atoms with E-state index in [4.69, 9.17) is 10.3 Å². The maximum Gasteiger partial charge on any atom is 0.257 e. The third kappa shape index (κ3) is 2.47. The first-order valence-corrected chi connectivity index (χ1v) is 6.77. The van der Waals surface area contributed by atoms with Gasteiger partial charge in [-0.3, -0.25) is 0 Å². The summed E-state index contributed by atoms with van der Waals surface area (Å²) in [5, 5.41) is 4.01. The summed E-state index contributed by atoms with van der Waals surface area (Å²) < 4.78 is 6.30. The van der Waals surface area contributed by atoms with E-state index in [0.717, 1.165) is 22.9 Å². The molecule has 0 aliphatic heterocycles. The van der Waals surface area contributed by atoms with Crippen LogP contribution in [0.25, 0.3) is 11.5 Å². The van der Waals surface area contributed by atoms with Crippen molar-refractivity contribution in [3.8, 4) is 11.5 Å². The Balaban J connectivity index is 2.33. The maximum absolute atomic E-state index is 6.24. The summed E-state index contributed by atoms with van der Waals surface area (Å²) in [5.41, 5.74) is 6.63. The van der Waals surface area contributed by atoms with Crippen LogP contribution in [0.1, 0.15) is 32.5 Å². The molecule has 2 aromatic rings. The van der Waals surface area contributed by atoms with E-state index in [1.807, 2.05) is 38.1 Å². The molecule has 0 unspecified atom stereocenters. The molecule has 0 fully saturated rings. The molecule has 0 bridgehead atoms. The van der Waals surface area contributed by atoms with Gasteiger partial charge in [0.15, 0.2) is 5.82 Å². The second-order valence-electron chi connectivity index (χ2n) is 4.29. The number of aromatic nitrogens is 2. The van der Waals surface area contributed by atoms with E-state index < -0.39 is 5.54 Å². The van der Waals surface area contributed by atoms with Crippen molar-refractivity contribution in [2.24, 2.45) is 5.73 Å². The number of nitrogens with zero attached hydrogens (tertiary/aromatic N) is 2. The number of nitrogens with two attached hydrogens (primary N) is 1. The molecule has 0 radical (unpaired) electrons. The molecule has 2 N–H and O–H groups in total. The first-order chi connectivity index (χ1) is 8.59. The molecule has 1 heterocycles. The van der Waals surface area contributed by atoms with Crippen LogP contribution in [-0.2, 0) is 5.54 Å². The highest BCUT2D eigenvalue weighted by Gasteiger charge is 2.29. The van der Waals surface area contributed by atoms with Crippen LogP contribution in [-0.4, -0.2) is 10.1 Å². The average Bonchev–Trinajstić information content (AvgIpc) is 2.89. The van der Waals surface area contributed by atoms with E-state index >= 15 is 0 Å². The lowest BCUT2D eigenvalue weighted by molar-refractivity contribution is 0.350. The van der Waals surface area contributed by atoms with Crippen LogP contribution >= 0.6 is 15.9 Å². The lowest BCUT2D eigenvalue weighted by atomic mass is 9.93. The van der Waals surface area contributed by atoms with Crippen molar-refractivity contribution in [3.63, 3.8) is 0 Å². The fourth-order valence-corrected chi connectivity index (χ4v) is 1.97. The van der Waals surface area contributed by atoms with E-state index in [1.165, 1.54) is 0 Å². The van der Waals surface area contributed by atoms with Crippen LogP contribution in [0.4, 0.5) is 0 Å². The normalized spacial score (nSPS) is 11.8. The first-order valence-electron chi connectivity index (χ1n) is 5.98. The standard InChI is InChI=1S/C13H16BrN3O/c1-3-13(15,4-2)12-16-11(18-17-12)9-5-7-10(14)8-6-9/h5-8H,3-4,15H2,1-2H3. The molecular weight excluding hydrogens is 294 g/mol.